The van der Waals surface area contributed by atoms with E-state index >= 15 is 0 Å². The molecular formula is C5H4F3O3S2+. The first-order chi connectivity index (χ1) is 5.71. The van der Waals surface area contributed by atoms with Gasteiger partial charge in [-0.3, -0.25) is 4.55 Å². The highest BCUT2D eigenvalue weighted by molar-refractivity contribution is 8.02. The largest absolute Gasteiger partial charge is 0.471 e. The topological polar surface area (TPSA) is 54.4 Å². The molecule has 74 valence electrons. The standard InChI is InChI=1S/C5H3F3O3S2/c6-5(7,8)4(13(9,10)11)2-1-3-12-4/h1-3H/p+1/t4-/m0/s1. The Morgan fingerprint density at radius 1 is 1.38 bits per heavy atom. The number of hydrogen-bond donors (Lipinski definition) is 1. The number of allylic oxidation sites excluding steroid dienone is 1. The SMILES string of the molecule is O=S(=O)(O)[C@]1(C(F)(F)F)C=CC=[S+]1. The molecule has 3 nitrogen and oxygen atoms in total. The maximum atomic E-state index is 12.3. The number of rotatable bonds is 1. The van der Waals surface area contributed by atoms with Gasteiger partial charge in [-0.25, -0.2) is 0 Å². The molecule has 1 rings (SSSR count). The molecule has 0 amide bonds. The van der Waals surface area contributed by atoms with Crippen LogP contribution < -0.4 is 0 Å². The van der Waals surface area contributed by atoms with Crippen LogP contribution >= 0.6 is 0 Å². The van der Waals surface area contributed by atoms with Crippen LogP contribution in [0, 0.1) is 0 Å². The normalized spacial score (nSPS) is 28.3. The second-order valence-electron chi connectivity index (χ2n) is 2.25. The molecule has 1 atom stereocenters. The van der Waals surface area contributed by atoms with Crippen molar-refractivity contribution in [3.8, 4) is 0 Å². The summed E-state index contributed by atoms with van der Waals surface area (Å²) < 4.78 is 63.2. The lowest BCUT2D eigenvalue weighted by molar-refractivity contribution is -0.130. The van der Waals surface area contributed by atoms with E-state index in [1.807, 2.05) is 0 Å². The van der Waals surface area contributed by atoms with Crippen molar-refractivity contribution in [2.75, 3.05) is 0 Å². The third kappa shape index (κ3) is 1.49. The van der Waals surface area contributed by atoms with Crippen molar-refractivity contribution in [1.82, 2.24) is 0 Å². The lowest BCUT2D eigenvalue weighted by atomic mass is 10.3. The van der Waals surface area contributed by atoms with Crippen molar-refractivity contribution in [3.05, 3.63) is 12.2 Å². The summed E-state index contributed by atoms with van der Waals surface area (Å²) >= 11 is 0.00463. The van der Waals surface area contributed by atoms with Crippen molar-refractivity contribution < 1.29 is 26.1 Å². The van der Waals surface area contributed by atoms with Gasteiger partial charge < -0.3 is 0 Å². The highest BCUT2D eigenvalue weighted by Crippen LogP contribution is 2.39. The fourth-order valence-corrected chi connectivity index (χ4v) is 2.65. The average molecular weight is 233 g/mol. The molecule has 0 aromatic rings. The van der Waals surface area contributed by atoms with Crippen LogP contribution in [0.4, 0.5) is 13.2 Å². The number of hydrogen-bond acceptors (Lipinski definition) is 2. The molecule has 0 saturated heterocycles. The van der Waals surface area contributed by atoms with Gasteiger partial charge in [0.1, 0.15) is 0 Å². The molecular weight excluding hydrogens is 229 g/mol. The molecule has 0 saturated carbocycles. The van der Waals surface area contributed by atoms with Gasteiger partial charge in [0, 0.05) is 6.08 Å². The molecule has 0 aromatic heterocycles. The van der Waals surface area contributed by atoms with Gasteiger partial charge in [0.2, 0.25) is 11.4 Å². The summed E-state index contributed by atoms with van der Waals surface area (Å²) in [5.74, 6) is 0. The maximum Gasteiger partial charge on any atom is 0.471 e. The van der Waals surface area contributed by atoms with Gasteiger partial charge in [0.15, 0.2) is 5.37 Å². The van der Waals surface area contributed by atoms with E-state index in [0.29, 0.717) is 6.08 Å². The Hall–Kier alpha value is -0.470. The fraction of sp³-hybridized carbons (Fsp3) is 0.400. The Labute approximate surface area is 76.0 Å². The first-order valence-electron chi connectivity index (χ1n) is 2.93. The zero-order chi connectivity index (χ0) is 10.3. The lowest BCUT2D eigenvalue weighted by Crippen LogP contribution is -2.48. The van der Waals surface area contributed by atoms with E-state index in [1.54, 1.807) is 0 Å². The second kappa shape index (κ2) is 2.76. The average Bonchev–Trinajstić information content (AvgIpc) is 2.28. The van der Waals surface area contributed by atoms with Crippen molar-refractivity contribution >= 4 is 26.8 Å². The van der Waals surface area contributed by atoms with Crippen LogP contribution in [0.1, 0.15) is 0 Å². The summed E-state index contributed by atoms with van der Waals surface area (Å²) in [6.07, 6.45) is -3.69. The summed E-state index contributed by atoms with van der Waals surface area (Å²) in [5, 5.41) is 0.960. The van der Waals surface area contributed by atoms with Crippen LogP contribution in [0.25, 0.3) is 0 Å². The van der Waals surface area contributed by atoms with Crippen LogP contribution in [0.15, 0.2) is 12.2 Å². The highest BCUT2D eigenvalue weighted by Gasteiger charge is 2.72. The molecule has 13 heavy (non-hydrogen) atoms. The third-order valence-electron chi connectivity index (χ3n) is 1.42. The first-order valence-corrected chi connectivity index (χ1v) is 5.25. The van der Waals surface area contributed by atoms with Gasteiger partial charge in [-0.2, -0.15) is 21.6 Å². The van der Waals surface area contributed by atoms with Gasteiger partial charge in [0.25, 0.3) is 0 Å². The molecule has 0 bridgehead atoms. The zero-order valence-corrected chi connectivity index (χ0v) is 7.58. The van der Waals surface area contributed by atoms with Gasteiger partial charge in [-0.1, -0.05) is 0 Å². The molecule has 0 aliphatic carbocycles. The van der Waals surface area contributed by atoms with Crippen molar-refractivity contribution in [1.29, 1.82) is 0 Å². The fourth-order valence-electron chi connectivity index (χ4n) is 0.800. The lowest BCUT2D eigenvalue weighted by Gasteiger charge is -2.14. The first kappa shape index (κ1) is 10.6. The zero-order valence-electron chi connectivity index (χ0n) is 5.95. The molecule has 1 aliphatic rings. The van der Waals surface area contributed by atoms with Crippen LogP contribution in [-0.2, 0) is 21.5 Å². The Bertz CT molecular complexity index is 353. The van der Waals surface area contributed by atoms with Gasteiger partial charge in [0.05, 0.1) is 0 Å². The minimum Gasteiger partial charge on any atom is -0.280 e. The molecule has 0 radical (unpaired) electrons. The highest BCUT2D eigenvalue weighted by atomic mass is 32.3. The monoisotopic (exact) mass is 233 g/mol. The minimum atomic E-state index is -5.20. The Kier molecular flexibility index (Phi) is 2.25. The second-order valence-corrected chi connectivity index (χ2v) is 5.26. The summed E-state index contributed by atoms with van der Waals surface area (Å²) in [6.45, 7) is 0. The molecule has 0 fully saturated rings. The quantitative estimate of drug-likeness (QED) is 0.409. The Balaban J connectivity index is 3.37. The van der Waals surface area contributed by atoms with E-state index in [4.69, 9.17) is 4.55 Å². The predicted octanol–water partition coefficient (Wildman–Crippen LogP) is 0.587. The van der Waals surface area contributed by atoms with E-state index in [2.05, 4.69) is 0 Å². The Morgan fingerprint density at radius 2 is 1.92 bits per heavy atom. The van der Waals surface area contributed by atoms with E-state index < -0.39 is 20.4 Å². The van der Waals surface area contributed by atoms with E-state index in [1.165, 1.54) is 0 Å². The van der Waals surface area contributed by atoms with Gasteiger partial charge in [-0.15, -0.1) is 0 Å². The summed E-state index contributed by atoms with van der Waals surface area (Å²) in [6, 6.07) is 0. The van der Waals surface area contributed by atoms with Crippen LogP contribution in [0.5, 0.6) is 0 Å². The van der Waals surface area contributed by atoms with Gasteiger partial charge >= 0.3 is 20.4 Å². The molecule has 0 aromatic carbocycles. The molecule has 1 aliphatic heterocycles. The summed E-state index contributed by atoms with van der Waals surface area (Å²) in [5.41, 5.74) is 0. The summed E-state index contributed by atoms with van der Waals surface area (Å²) in [4.78, 5) is 0. The van der Waals surface area contributed by atoms with Crippen molar-refractivity contribution in [2.24, 2.45) is 0 Å². The Morgan fingerprint density at radius 3 is 2.08 bits per heavy atom. The van der Waals surface area contributed by atoms with Crippen molar-refractivity contribution in [2.45, 2.75) is 10.3 Å². The third-order valence-corrected chi connectivity index (χ3v) is 4.48. The predicted molar refractivity (Wildman–Crippen MR) is 42.9 cm³/mol. The van der Waals surface area contributed by atoms with Crippen molar-refractivity contribution in [3.63, 3.8) is 0 Å². The molecule has 0 spiro atoms. The van der Waals surface area contributed by atoms with E-state index in [0.717, 1.165) is 11.4 Å². The number of halogens is 3. The molecule has 1 N–H and O–H groups in total. The number of alkyl halides is 3. The minimum absolute atomic E-state index is 0.00463. The van der Waals surface area contributed by atoms with Crippen LogP contribution in [0.2, 0.25) is 0 Å². The van der Waals surface area contributed by atoms with E-state index in [9.17, 15) is 21.6 Å². The van der Waals surface area contributed by atoms with Gasteiger partial charge in [-0.05, 0) is 6.08 Å². The molecule has 8 heteroatoms. The van der Waals surface area contributed by atoms with E-state index in [-0.39, 0.29) is 11.4 Å². The molecule has 1 heterocycles. The van der Waals surface area contributed by atoms with Crippen LogP contribution in [0.3, 0.4) is 0 Å². The smallest absolute Gasteiger partial charge is 0.280 e. The summed E-state index contributed by atoms with van der Waals surface area (Å²) in [7, 11) is -5.20. The maximum absolute atomic E-state index is 12.3. The van der Waals surface area contributed by atoms with Crippen LogP contribution in [-0.4, -0.2) is 28.6 Å². The molecule has 0 unspecified atom stereocenters.